The van der Waals surface area contributed by atoms with Crippen molar-refractivity contribution in [3.63, 3.8) is 0 Å². The van der Waals surface area contributed by atoms with Gasteiger partial charge in [-0.2, -0.15) is 5.26 Å². The van der Waals surface area contributed by atoms with Gasteiger partial charge in [-0.05, 0) is 43.4 Å². The van der Waals surface area contributed by atoms with E-state index in [0.29, 0.717) is 5.56 Å². The molecule has 1 rings (SSSR count). The smallest absolute Gasteiger partial charge is 0.278 e. The van der Waals surface area contributed by atoms with E-state index >= 15 is 0 Å². The molecule has 0 aliphatic carbocycles. The predicted octanol–water partition coefficient (Wildman–Crippen LogP) is 3.41. The number of rotatable bonds is 4. The van der Waals surface area contributed by atoms with Gasteiger partial charge in [-0.1, -0.05) is 18.2 Å². The fourth-order valence-electron chi connectivity index (χ4n) is 1.05. The van der Waals surface area contributed by atoms with E-state index in [1.54, 1.807) is 18.3 Å². The van der Waals surface area contributed by atoms with Crippen LogP contribution in [0.2, 0.25) is 19.6 Å². The van der Waals surface area contributed by atoms with Gasteiger partial charge in [-0.3, -0.25) is 0 Å². The van der Waals surface area contributed by atoms with Gasteiger partial charge in [-0.25, -0.2) is 0 Å². The molecule has 0 aromatic heterocycles. The monoisotopic (exact) mass is 244 g/mol. The molecule has 0 heterocycles. The van der Waals surface area contributed by atoms with Crippen LogP contribution in [0.1, 0.15) is 11.1 Å². The maximum absolute atomic E-state index is 8.65. The Morgan fingerprint density at radius 1 is 1.24 bits per heavy atom. The highest BCUT2D eigenvalue weighted by atomic mass is 28.4. The van der Waals surface area contributed by atoms with Crippen LogP contribution in [0, 0.1) is 11.3 Å². The topological polar surface area (TPSA) is 45.4 Å². The molecule has 1 aromatic carbocycles. The second-order valence-electron chi connectivity index (χ2n) is 4.55. The zero-order valence-corrected chi connectivity index (χ0v) is 11.3. The Balaban J connectivity index is 2.51. The molecule has 0 bridgehead atoms. The minimum absolute atomic E-state index is 0.665. The zero-order valence-electron chi connectivity index (χ0n) is 10.3. The van der Waals surface area contributed by atoms with Crippen LogP contribution in [-0.2, 0) is 4.53 Å². The number of nitrogens with zero attached hydrogens (tertiary/aromatic N) is 2. The third kappa shape index (κ3) is 5.69. The molecule has 1 aromatic rings. The van der Waals surface area contributed by atoms with Gasteiger partial charge in [-0.15, -0.1) is 5.16 Å². The molecule has 0 radical (unpaired) electrons. The maximum Gasteiger partial charge on any atom is 0.278 e. The number of allylic oxidation sites excluding steroid dienone is 1. The quantitative estimate of drug-likeness (QED) is 0.463. The summed E-state index contributed by atoms with van der Waals surface area (Å²) in [5.74, 6) is 0. The first kappa shape index (κ1) is 13.2. The molecule has 0 atom stereocenters. The Labute approximate surface area is 103 Å². The summed E-state index contributed by atoms with van der Waals surface area (Å²) in [4.78, 5) is 0. The molecule has 0 aliphatic heterocycles. The lowest BCUT2D eigenvalue weighted by molar-refractivity contribution is 0.338. The van der Waals surface area contributed by atoms with Crippen LogP contribution in [0.3, 0.4) is 0 Å². The van der Waals surface area contributed by atoms with Crippen molar-refractivity contribution in [3.05, 3.63) is 41.5 Å². The average Bonchev–Trinajstić information content (AvgIpc) is 2.28. The average molecular weight is 244 g/mol. The predicted molar refractivity (Wildman–Crippen MR) is 73.1 cm³/mol. The van der Waals surface area contributed by atoms with Crippen molar-refractivity contribution in [3.8, 4) is 6.07 Å². The van der Waals surface area contributed by atoms with Gasteiger partial charge in [0.1, 0.15) is 0 Å². The molecular formula is C13H16N2OSi. The standard InChI is InChI=1S/C13H16N2OSi/c1-17(2,3)16-15-10-4-5-12-6-8-13(11-14)9-7-12/h4-10H,1-3H3. The van der Waals surface area contributed by atoms with Gasteiger partial charge in [0, 0.05) is 0 Å². The molecular weight excluding hydrogens is 228 g/mol. The molecule has 0 fully saturated rings. The van der Waals surface area contributed by atoms with E-state index in [-0.39, 0.29) is 0 Å². The van der Waals surface area contributed by atoms with E-state index in [1.165, 1.54) is 0 Å². The summed E-state index contributed by atoms with van der Waals surface area (Å²) in [5.41, 5.74) is 1.70. The Bertz CT molecular complexity index is 450. The normalized spacial score (nSPS) is 11.9. The van der Waals surface area contributed by atoms with Crippen molar-refractivity contribution in [1.29, 1.82) is 5.26 Å². The number of benzene rings is 1. The van der Waals surface area contributed by atoms with Crippen LogP contribution in [0.4, 0.5) is 0 Å². The van der Waals surface area contributed by atoms with E-state index in [2.05, 4.69) is 30.9 Å². The summed E-state index contributed by atoms with van der Waals surface area (Å²) >= 11 is 0. The molecule has 0 unspecified atom stereocenters. The molecule has 3 nitrogen and oxygen atoms in total. The second kappa shape index (κ2) is 6.02. The lowest BCUT2D eigenvalue weighted by atomic mass is 10.1. The van der Waals surface area contributed by atoms with Crippen LogP contribution in [0.15, 0.2) is 35.5 Å². The molecule has 0 spiro atoms. The maximum atomic E-state index is 8.65. The first-order chi connectivity index (χ1) is 8.01. The lowest BCUT2D eigenvalue weighted by Gasteiger charge is -2.11. The number of nitriles is 1. The van der Waals surface area contributed by atoms with E-state index in [1.807, 2.05) is 24.3 Å². The van der Waals surface area contributed by atoms with Gasteiger partial charge in [0.05, 0.1) is 17.8 Å². The van der Waals surface area contributed by atoms with Crippen molar-refractivity contribution in [2.45, 2.75) is 19.6 Å². The largest absolute Gasteiger partial charge is 0.456 e. The summed E-state index contributed by atoms with van der Waals surface area (Å²) in [7, 11) is -1.57. The third-order valence-electron chi connectivity index (χ3n) is 1.80. The highest BCUT2D eigenvalue weighted by molar-refractivity contribution is 6.69. The molecule has 4 heteroatoms. The van der Waals surface area contributed by atoms with E-state index in [0.717, 1.165) is 5.56 Å². The Hall–Kier alpha value is -1.86. The highest BCUT2D eigenvalue weighted by Gasteiger charge is 2.14. The van der Waals surface area contributed by atoms with Crippen molar-refractivity contribution in [2.24, 2.45) is 5.16 Å². The molecule has 0 amide bonds. The van der Waals surface area contributed by atoms with Crippen LogP contribution < -0.4 is 0 Å². The SMILES string of the molecule is C[Si](C)(C)ON=CC=Cc1ccc(C#N)cc1. The van der Waals surface area contributed by atoms with E-state index in [4.69, 9.17) is 9.79 Å². The highest BCUT2D eigenvalue weighted by Crippen LogP contribution is 2.05. The van der Waals surface area contributed by atoms with Gasteiger partial charge in [0.15, 0.2) is 0 Å². The number of hydrogen-bond donors (Lipinski definition) is 0. The molecule has 88 valence electrons. The first-order valence-corrected chi connectivity index (χ1v) is 8.80. The Morgan fingerprint density at radius 2 is 1.88 bits per heavy atom. The van der Waals surface area contributed by atoms with Crippen molar-refractivity contribution in [1.82, 2.24) is 0 Å². The minimum atomic E-state index is -1.57. The van der Waals surface area contributed by atoms with Crippen LogP contribution >= 0.6 is 0 Å². The van der Waals surface area contributed by atoms with E-state index < -0.39 is 8.32 Å². The Kier molecular flexibility index (Phi) is 4.67. The van der Waals surface area contributed by atoms with Gasteiger partial charge in [0.25, 0.3) is 8.32 Å². The van der Waals surface area contributed by atoms with Crippen molar-refractivity contribution < 1.29 is 4.53 Å². The summed E-state index contributed by atoms with van der Waals surface area (Å²) in [6, 6.07) is 9.44. The number of hydrogen-bond acceptors (Lipinski definition) is 3. The molecule has 17 heavy (non-hydrogen) atoms. The third-order valence-corrected chi connectivity index (χ3v) is 2.46. The van der Waals surface area contributed by atoms with Gasteiger partial charge in [0.2, 0.25) is 0 Å². The van der Waals surface area contributed by atoms with Gasteiger partial charge < -0.3 is 4.53 Å². The molecule has 0 saturated carbocycles. The molecule has 0 N–H and O–H groups in total. The zero-order chi connectivity index (χ0) is 12.7. The number of oxime groups is 1. The van der Waals surface area contributed by atoms with E-state index in [9.17, 15) is 0 Å². The fraction of sp³-hybridized carbons (Fsp3) is 0.231. The van der Waals surface area contributed by atoms with Crippen LogP contribution in [0.25, 0.3) is 6.08 Å². The lowest BCUT2D eigenvalue weighted by Crippen LogP contribution is -2.22. The molecule has 0 aliphatic rings. The summed E-state index contributed by atoms with van der Waals surface area (Å²) in [6.45, 7) is 6.23. The van der Waals surface area contributed by atoms with Crippen molar-refractivity contribution in [2.75, 3.05) is 0 Å². The summed E-state index contributed by atoms with van der Waals surface area (Å²) in [6.07, 6.45) is 5.37. The second-order valence-corrected chi connectivity index (χ2v) is 8.96. The minimum Gasteiger partial charge on any atom is -0.456 e. The van der Waals surface area contributed by atoms with Crippen LogP contribution in [0.5, 0.6) is 0 Å². The van der Waals surface area contributed by atoms with Crippen LogP contribution in [-0.4, -0.2) is 14.5 Å². The summed E-state index contributed by atoms with van der Waals surface area (Å²) < 4.78 is 5.32. The fourth-order valence-corrected chi connectivity index (χ4v) is 1.42. The van der Waals surface area contributed by atoms with Gasteiger partial charge >= 0.3 is 0 Å². The Morgan fingerprint density at radius 3 is 2.41 bits per heavy atom. The first-order valence-electron chi connectivity index (χ1n) is 5.40. The summed E-state index contributed by atoms with van der Waals surface area (Å²) in [5, 5.41) is 12.5. The molecule has 0 saturated heterocycles. The van der Waals surface area contributed by atoms with Crippen molar-refractivity contribution >= 4 is 20.6 Å².